The SMILES string of the molecule is Oc1c(F)cc(Cl)cc1-c1cc(Cl)cc(F)c1O. The molecular formula is C12H6Cl2F2O2. The van der Waals surface area contributed by atoms with Crippen LogP contribution in [0.25, 0.3) is 11.1 Å². The van der Waals surface area contributed by atoms with E-state index in [9.17, 15) is 19.0 Å². The molecule has 94 valence electrons. The molecule has 0 bridgehead atoms. The average molecular weight is 291 g/mol. The van der Waals surface area contributed by atoms with Crippen molar-refractivity contribution in [2.75, 3.05) is 0 Å². The summed E-state index contributed by atoms with van der Waals surface area (Å²) >= 11 is 11.3. The van der Waals surface area contributed by atoms with Crippen molar-refractivity contribution in [2.24, 2.45) is 0 Å². The Hall–Kier alpha value is -1.52. The van der Waals surface area contributed by atoms with Crippen LogP contribution in [0.3, 0.4) is 0 Å². The molecule has 0 fully saturated rings. The summed E-state index contributed by atoms with van der Waals surface area (Å²) in [5.74, 6) is -3.43. The fourth-order valence-corrected chi connectivity index (χ4v) is 1.95. The smallest absolute Gasteiger partial charge is 0.166 e. The number of phenolic OH excluding ortho intramolecular Hbond substituents is 2. The van der Waals surface area contributed by atoms with Gasteiger partial charge in [-0.25, -0.2) is 8.78 Å². The van der Waals surface area contributed by atoms with E-state index in [-0.39, 0.29) is 21.2 Å². The highest BCUT2D eigenvalue weighted by Crippen LogP contribution is 2.41. The lowest BCUT2D eigenvalue weighted by atomic mass is 10.0. The zero-order chi connectivity index (χ0) is 13.4. The van der Waals surface area contributed by atoms with Crippen LogP contribution in [0.1, 0.15) is 0 Å². The maximum absolute atomic E-state index is 13.3. The van der Waals surface area contributed by atoms with Crippen molar-refractivity contribution in [2.45, 2.75) is 0 Å². The average Bonchev–Trinajstić information content (AvgIpc) is 2.28. The molecule has 0 saturated heterocycles. The number of hydrogen-bond acceptors (Lipinski definition) is 2. The van der Waals surface area contributed by atoms with E-state index < -0.39 is 23.1 Å². The van der Waals surface area contributed by atoms with Gasteiger partial charge in [0.05, 0.1) is 0 Å². The summed E-state index contributed by atoms with van der Waals surface area (Å²) in [7, 11) is 0. The molecule has 0 saturated carbocycles. The highest BCUT2D eigenvalue weighted by Gasteiger charge is 2.17. The van der Waals surface area contributed by atoms with Crippen molar-refractivity contribution in [3.63, 3.8) is 0 Å². The molecule has 0 atom stereocenters. The Morgan fingerprint density at radius 2 is 1.06 bits per heavy atom. The number of hydrogen-bond donors (Lipinski definition) is 2. The topological polar surface area (TPSA) is 40.5 Å². The Bertz CT molecular complexity index is 574. The van der Waals surface area contributed by atoms with Gasteiger partial charge in [-0.05, 0) is 24.3 Å². The second-order valence-electron chi connectivity index (χ2n) is 3.57. The van der Waals surface area contributed by atoms with Gasteiger partial charge < -0.3 is 10.2 Å². The molecule has 0 spiro atoms. The van der Waals surface area contributed by atoms with Crippen LogP contribution in [0.5, 0.6) is 11.5 Å². The predicted octanol–water partition coefficient (Wildman–Crippen LogP) is 4.35. The highest BCUT2D eigenvalue weighted by atomic mass is 35.5. The lowest BCUT2D eigenvalue weighted by Crippen LogP contribution is -1.87. The quantitative estimate of drug-likeness (QED) is 0.820. The van der Waals surface area contributed by atoms with Crippen molar-refractivity contribution in [1.82, 2.24) is 0 Å². The lowest BCUT2D eigenvalue weighted by molar-refractivity contribution is 0.427. The summed E-state index contributed by atoms with van der Waals surface area (Å²) < 4.78 is 26.6. The van der Waals surface area contributed by atoms with E-state index in [1.165, 1.54) is 12.1 Å². The van der Waals surface area contributed by atoms with Gasteiger partial charge in [0.1, 0.15) is 0 Å². The van der Waals surface area contributed by atoms with Crippen LogP contribution in [0.2, 0.25) is 10.0 Å². The van der Waals surface area contributed by atoms with Crippen LogP contribution in [0.15, 0.2) is 24.3 Å². The molecule has 0 aliphatic heterocycles. The molecule has 2 aromatic carbocycles. The Balaban J connectivity index is 2.77. The van der Waals surface area contributed by atoms with Crippen LogP contribution in [-0.4, -0.2) is 10.2 Å². The third-order valence-electron chi connectivity index (χ3n) is 2.35. The summed E-state index contributed by atoms with van der Waals surface area (Å²) in [5.41, 5.74) is -0.280. The molecular weight excluding hydrogens is 285 g/mol. The second-order valence-corrected chi connectivity index (χ2v) is 4.44. The van der Waals surface area contributed by atoms with Crippen LogP contribution in [-0.2, 0) is 0 Å². The lowest BCUT2D eigenvalue weighted by Gasteiger charge is -2.09. The van der Waals surface area contributed by atoms with Crippen molar-refractivity contribution in [3.05, 3.63) is 45.9 Å². The summed E-state index contributed by atoms with van der Waals surface area (Å²) in [6, 6.07) is 4.20. The first-order valence-electron chi connectivity index (χ1n) is 4.76. The number of aromatic hydroxyl groups is 2. The molecule has 0 amide bonds. The molecule has 0 aromatic heterocycles. The summed E-state index contributed by atoms with van der Waals surface area (Å²) in [6.45, 7) is 0. The summed E-state index contributed by atoms with van der Waals surface area (Å²) in [6.07, 6.45) is 0. The molecule has 2 nitrogen and oxygen atoms in total. The van der Waals surface area contributed by atoms with Crippen molar-refractivity contribution < 1.29 is 19.0 Å². The van der Waals surface area contributed by atoms with Crippen LogP contribution >= 0.6 is 23.2 Å². The normalized spacial score (nSPS) is 10.7. The van der Waals surface area contributed by atoms with Crippen molar-refractivity contribution in [1.29, 1.82) is 0 Å². The predicted molar refractivity (Wildman–Crippen MR) is 65.1 cm³/mol. The van der Waals surface area contributed by atoms with E-state index in [1.807, 2.05) is 0 Å². The first-order chi connectivity index (χ1) is 8.40. The maximum Gasteiger partial charge on any atom is 0.166 e. The molecule has 2 aromatic rings. The zero-order valence-corrected chi connectivity index (χ0v) is 10.2. The molecule has 0 unspecified atom stereocenters. The van der Waals surface area contributed by atoms with Crippen molar-refractivity contribution in [3.8, 4) is 22.6 Å². The maximum atomic E-state index is 13.3. The Morgan fingerprint density at radius 3 is 1.39 bits per heavy atom. The molecule has 0 radical (unpaired) electrons. The third-order valence-corrected chi connectivity index (χ3v) is 2.78. The highest BCUT2D eigenvalue weighted by molar-refractivity contribution is 6.31. The van der Waals surface area contributed by atoms with Crippen LogP contribution in [0, 0.1) is 11.6 Å². The van der Waals surface area contributed by atoms with Gasteiger partial charge in [-0.15, -0.1) is 0 Å². The van der Waals surface area contributed by atoms with E-state index >= 15 is 0 Å². The van der Waals surface area contributed by atoms with Crippen molar-refractivity contribution >= 4 is 23.2 Å². The van der Waals surface area contributed by atoms with Gasteiger partial charge in [0.15, 0.2) is 23.1 Å². The molecule has 0 aliphatic carbocycles. The molecule has 0 aliphatic rings. The number of rotatable bonds is 1. The standard InChI is InChI=1S/C12H6Cl2F2O2/c13-5-1-7(11(17)9(15)3-5)8-2-6(14)4-10(16)12(8)18/h1-4,17-18H. The molecule has 2 rings (SSSR count). The third kappa shape index (κ3) is 2.21. The minimum Gasteiger partial charge on any atom is -0.504 e. The number of halogens is 4. The fourth-order valence-electron chi connectivity index (χ4n) is 1.54. The molecule has 18 heavy (non-hydrogen) atoms. The van der Waals surface area contributed by atoms with Gasteiger partial charge in [0, 0.05) is 21.2 Å². The first kappa shape index (κ1) is 12.9. The van der Waals surface area contributed by atoms with E-state index in [2.05, 4.69) is 0 Å². The summed E-state index contributed by atoms with van der Waals surface area (Å²) in [5, 5.41) is 19.1. The van der Waals surface area contributed by atoms with Gasteiger partial charge in [-0.2, -0.15) is 0 Å². The fraction of sp³-hybridized carbons (Fsp3) is 0. The monoisotopic (exact) mass is 290 g/mol. The van der Waals surface area contributed by atoms with Crippen LogP contribution in [0.4, 0.5) is 8.78 Å². The Labute approximate surface area is 111 Å². The second kappa shape index (κ2) is 4.63. The van der Waals surface area contributed by atoms with Gasteiger partial charge in [0.25, 0.3) is 0 Å². The first-order valence-corrected chi connectivity index (χ1v) is 5.52. The molecule has 6 heteroatoms. The zero-order valence-electron chi connectivity index (χ0n) is 8.72. The van der Waals surface area contributed by atoms with Gasteiger partial charge in [-0.3, -0.25) is 0 Å². The molecule has 0 heterocycles. The molecule has 2 N–H and O–H groups in total. The van der Waals surface area contributed by atoms with Crippen LogP contribution < -0.4 is 0 Å². The minimum atomic E-state index is -0.975. The van der Waals surface area contributed by atoms with Gasteiger partial charge in [-0.1, -0.05) is 23.2 Å². The van der Waals surface area contributed by atoms with Gasteiger partial charge in [0.2, 0.25) is 0 Å². The Morgan fingerprint density at radius 1 is 0.722 bits per heavy atom. The van der Waals surface area contributed by atoms with Gasteiger partial charge >= 0.3 is 0 Å². The van der Waals surface area contributed by atoms with E-state index in [1.54, 1.807) is 0 Å². The van der Waals surface area contributed by atoms with E-state index in [4.69, 9.17) is 23.2 Å². The number of phenols is 2. The van der Waals surface area contributed by atoms with E-state index in [0.717, 1.165) is 12.1 Å². The number of benzene rings is 2. The largest absolute Gasteiger partial charge is 0.504 e. The van der Waals surface area contributed by atoms with E-state index in [0.29, 0.717) is 0 Å². The summed E-state index contributed by atoms with van der Waals surface area (Å²) in [4.78, 5) is 0. The minimum absolute atomic E-state index is 0.0000775. The Kier molecular flexibility index (Phi) is 3.32.